The quantitative estimate of drug-likeness (QED) is 0.596. The Balaban J connectivity index is 3.01. The van der Waals surface area contributed by atoms with Gasteiger partial charge in [-0.05, 0) is 48.7 Å². The Bertz CT molecular complexity index is 413. The summed E-state index contributed by atoms with van der Waals surface area (Å²) in [6.07, 6.45) is 0.795. The molecule has 0 saturated heterocycles. The lowest BCUT2D eigenvalue weighted by molar-refractivity contribution is 0.0536. The fourth-order valence-electron chi connectivity index (χ4n) is 1.35. The summed E-state index contributed by atoms with van der Waals surface area (Å²) < 4.78 is 30.7. The number of aryl methyl sites for hydroxylation is 1. The molecule has 94 valence electrons. The summed E-state index contributed by atoms with van der Waals surface area (Å²) in [5.41, 5.74) is 0.527. The third kappa shape index (κ3) is 3.97. The predicted molar refractivity (Wildman–Crippen MR) is 62.1 cm³/mol. The molecule has 2 nitrogen and oxygen atoms in total. The van der Waals surface area contributed by atoms with Crippen molar-refractivity contribution in [2.24, 2.45) is 0 Å². The first-order valence-corrected chi connectivity index (χ1v) is 5.58. The molecule has 0 bridgehead atoms. The van der Waals surface area contributed by atoms with Crippen molar-refractivity contribution in [3.8, 4) is 5.75 Å². The van der Waals surface area contributed by atoms with E-state index in [1.165, 1.54) is 12.1 Å². The summed E-state index contributed by atoms with van der Waals surface area (Å²) in [7, 11) is 0. The number of hydrogen-bond donors (Lipinski definition) is 0. The van der Waals surface area contributed by atoms with E-state index in [1.807, 2.05) is 6.92 Å². The van der Waals surface area contributed by atoms with Crippen LogP contribution in [0.3, 0.4) is 0 Å². The zero-order chi connectivity index (χ0) is 13.1. The van der Waals surface area contributed by atoms with Gasteiger partial charge in [0.1, 0.15) is 5.75 Å². The van der Waals surface area contributed by atoms with Crippen molar-refractivity contribution in [2.75, 3.05) is 6.61 Å². The highest BCUT2D eigenvalue weighted by Crippen LogP contribution is 2.27. The first-order valence-electron chi connectivity index (χ1n) is 5.20. The summed E-state index contributed by atoms with van der Waals surface area (Å²) in [5, 5.41) is -3.88. The van der Waals surface area contributed by atoms with Gasteiger partial charge in [0.2, 0.25) is 5.78 Å². The third-order valence-electron chi connectivity index (χ3n) is 2.04. The van der Waals surface area contributed by atoms with Gasteiger partial charge >= 0.3 is 5.38 Å². The molecular weight excluding hydrogens is 250 g/mol. The number of carbonyl (C=O) groups excluding carboxylic acids is 1. The number of alkyl halides is 3. The van der Waals surface area contributed by atoms with Crippen molar-refractivity contribution in [3.63, 3.8) is 0 Å². The van der Waals surface area contributed by atoms with Gasteiger partial charge < -0.3 is 4.74 Å². The third-order valence-corrected chi connectivity index (χ3v) is 2.22. The van der Waals surface area contributed by atoms with Crippen molar-refractivity contribution in [1.82, 2.24) is 0 Å². The molecule has 0 radical (unpaired) electrons. The van der Waals surface area contributed by atoms with Crippen LogP contribution in [0.5, 0.6) is 5.75 Å². The molecule has 0 aromatic heterocycles. The van der Waals surface area contributed by atoms with Crippen molar-refractivity contribution < 1.29 is 18.3 Å². The Hall–Kier alpha value is -1.16. The largest absolute Gasteiger partial charge is 0.494 e. The van der Waals surface area contributed by atoms with Gasteiger partial charge in [-0.1, -0.05) is 6.92 Å². The van der Waals surface area contributed by atoms with Crippen LogP contribution in [0.15, 0.2) is 18.2 Å². The van der Waals surface area contributed by atoms with Crippen LogP contribution in [0.4, 0.5) is 8.78 Å². The monoisotopic (exact) mass is 262 g/mol. The molecule has 0 saturated carbocycles. The number of Topliss-reactive ketones (excluding diaryl/α,β-unsaturated/α-hetero) is 1. The highest BCUT2D eigenvalue weighted by atomic mass is 35.5. The lowest BCUT2D eigenvalue weighted by Crippen LogP contribution is -2.21. The van der Waals surface area contributed by atoms with E-state index in [2.05, 4.69) is 0 Å². The lowest BCUT2D eigenvalue weighted by atomic mass is 10.1. The molecule has 1 rings (SSSR count). The molecular formula is C12H13ClF2O2. The van der Waals surface area contributed by atoms with Crippen LogP contribution in [0, 0.1) is 6.92 Å². The summed E-state index contributed by atoms with van der Waals surface area (Å²) in [6, 6.07) is 4.32. The molecule has 0 fully saturated rings. The van der Waals surface area contributed by atoms with E-state index in [4.69, 9.17) is 16.3 Å². The SMILES string of the molecule is CCCOc1cc(C)cc(C(=O)C(F)(F)Cl)c1. The number of halogens is 3. The number of rotatable bonds is 5. The van der Waals surface area contributed by atoms with Crippen molar-refractivity contribution in [1.29, 1.82) is 0 Å². The second kappa shape index (κ2) is 5.45. The number of carbonyl (C=O) groups is 1. The van der Waals surface area contributed by atoms with Gasteiger partial charge in [-0.15, -0.1) is 0 Å². The maximum atomic E-state index is 12.7. The lowest BCUT2D eigenvalue weighted by Gasteiger charge is -2.10. The summed E-state index contributed by atoms with van der Waals surface area (Å²) in [6.45, 7) is 4.09. The Morgan fingerprint density at radius 3 is 2.59 bits per heavy atom. The van der Waals surface area contributed by atoms with Crippen LogP contribution in [0.1, 0.15) is 29.3 Å². The van der Waals surface area contributed by atoms with E-state index in [9.17, 15) is 13.6 Å². The Morgan fingerprint density at radius 2 is 2.06 bits per heavy atom. The molecule has 0 N–H and O–H groups in total. The average Bonchev–Trinajstić information content (AvgIpc) is 2.23. The highest BCUT2D eigenvalue weighted by Gasteiger charge is 2.36. The second-order valence-electron chi connectivity index (χ2n) is 3.71. The molecule has 0 unspecified atom stereocenters. The maximum absolute atomic E-state index is 12.7. The Morgan fingerprint density at radius 1 is 1.41 bits per heavy atom. The Kier molecular flexibility index (Phi) is 4.46. The van der Waals surface area contributed by atoms with Gasteiger partial charge in [0, 0.05) is 5.56 Å². The van der Waals surface area contributed by atoms with Gasteiger partial charge in [0.05, 0.1) is 6.61 Å². The molecule has 0 aliphatic heterocycles. The zero-order valence-electron chi connectivity index (χ0n) is 9.60. The maximum Gasteiger partial charge on any atom is 0.384 e. The molecule has 0 aliphatic carbocycles. The van der Waals surface area contributed by atoms with Gasteiger partial charge in [-0.2, -0.15) is 8.78 Å². The molecule has 0 atom stereocenters. The Labute approximate surface area is 104 Å². The van der Waals surface area contributed by atoms with E-state index >= 15 is 0 Å². The normalized spacial score (nSPS) is 11.4. The number of hydrogen-bond acceptors (Lipinski definition) is 2. The van der Waals surface area contributed by atoms with Crippen LogP contribution >= 0.6 is 11.6 Å². The standard InChI is InChI=1S/C12H13ClF2O2/c1-3-4-17-10-6-8(2)5-9(7-10)11(16)12(13,14)15/h5-7H,3-4H2,1-2H3. The fourth-order valence-corrected chi connectivity index (χ4v) is 1.46. The average molecular weight is 263 g/mol. The molecule has 0 heterocycles. The van der Waals surface area contributed by atoms with Crippen LogP contribution < -0.4 is 4.74 Å². The van der Waals surface area contributed by atoms with Crippen molar-refractivity contribution in [3.05, 3.63) is 29.3 Å². The summed E-state index contributed by atoms with van der Waals surface area (Å²) >= 11 is 4.70. The molecule has 0 amide bonds. The zero-order valence-corrected chi connectivity index (χ0v) is 10.4. The number of ketones is 1. The molecule has 5 heteroatoms. The van der Waals surface area contributed by atoms with Crippen LogP contribution in [-0.2, 0) is 0 Å². The van der Waals surface area contributed by atoms with Gasteiger partial charge in [-0.25, -0.2) is 0 Å². The number of benzene rings is 1. The minimum Gasteiger partial charge on any atom is -0.494 e. The van der Waals surface area contributed by atoms with Gasteiger partial charge in [0.25, 0.3) is 0 Å². The smallest absolute Gasteiger partial charge is 0.384 e. The predicted octanol–water partition coefficient (Wildman–Crippen LogP) is 3.80. The topological polar surface area (TPSA) is 26.3 Å². The second-order valence-corrected chi connectivity index (χ2v) is 4.18. The molecule has 1 aromatic carbocycles. The molecule has 17 heavy (non-hydrogen) atoms. The van der Waals surface area contributed by atoms with Crippen LogP contribution in [0.2, 0.25) is 0 Å². The van der Waals surface area contributed by atoms with Gasteiger partial charge in [0.15, 0.2) is 0 Å². The van der Waals surface area contributed by atoms with Crippen LogP contribution in [-0.4, -0.2) is 17.8 Å². The van der Waals surface area contributed by atoms with Crippen molar-refractivity contribution in [2.45, 2.75) is 25.7 Å². The first-order chi connectivity index (χ1) is 7.84. The van der Waals surface area contributed by atoms with Crippen molar-refractivity contribution >= 4 is 17.4 Å². The van der Waals surface area contributed by atoms with E-state index in [1.54, 1.807) is 13.0 Å². The number of ether oxygens (including phenoxy) is 1. The van der Waals surface area contributed by atoms with E-state index < -0.39 is 11.2 Å². The minimum absolute atomic E-state index is 0.142. The first kappa shape index (κ1) is 13.9. The molecule has 1 aromatic rings. The molecule has 0 aliphatic rings. The van der Waals surface area contributed by atoms with Crippen LogP contribution in [0.25, 0.3) is 0 Å². The van der Waals surface area contributed by atoms with E-state index in [-0.39, 0.29) is 5.56 Å². The van der Waals surface area contributed by atoms with Gasteiger partial charge in [-0.3, -0.25) is 4.79 Å². The fraction of sp³-hybridized carbons (Fsp3) is 0.417. The highest BCUT2D eigenvalue weighted by molar-refractivity contribution is 6.35. The summed E-state index contributed by atoms with van der Waals surface area (Å²) in [5.74, 6) is -1.01. The summed E-state index contributed by atoms with van der Waals surface area (Å²) in [4.78, 5) is 11.3. The van der Waals surface area contributed by atoms with E-state index in [0.29, 0.717) is 17.9 Å². The molecule has 0 spiro atoms. The van der Waals surface area contributed by atoms with E-state index in [0.717, 1.165) is 6.42 Å². The minimum atomic E-state index is -3.88.